The minimum atomic E-state index is -4.74. The molecule has 2 nitrogen and oxygen atoms in total. The molecule has 7 heteroatoms. The summed E-state index contributed by atoms with van der Waals surface area (Å²) in [5.41, 5.74) is -0.222. The highest BCUT2D eigenvalue weighted by atomic mass is 32.1. The number of benzene rings is 1. The largest absolute Gasteiger partial charge is 0.419 e. The summed E-state index contributed by atoms with van der Waals surface area (Å²) >= 11 is 4.86. The molecule has 1 aromatic carbocycles. The highest BCUT2D eigenvalue weighted by Crippen LogP contribution is 2.33. The first-order chi connectivity index (χ1) is 8.77. The van der Waals surface area contributed by atoms with Gasteiger partial charge in [-0.3, -0.25) is 0 Å². The molecule has 0 spiro atoms. The quantitative estimate of drug-likeness (QED) is 0.627. The van der Waals surface area contributed by atoms with Crippen LogP contribution >= 0.6 is 12.2 Å². The minimum absolute atomic E-state index is 0.160. The van der Waals surface area contributed by atoms with Crippen LogP contribution in [0.3, 0.4) is 0 Å². The van der Waals surface area contributed by atoms with Gasteiger partial charge in [-0.2, -0.15) is 13.2 Å². The maximum atomic E-state index is 13.2. The van der Waals surface area contributed by atoms with Crippen LogP contribution in [0.25, 0.3) is 11.3 Å². The summed E-state index contributed by atoms with van der Waals surface area (Å²) in [6.07, 6.45) is -4.74. The summed E-state index contributed by atoms with van der Waals surface area (Å²) in [7, 11) is 0. The molecular formula is C12H8F4N2S. The van der Waals surface area contributed by atoms with E-state index in [0.29, 0.717) is 5.69 Å². The Morgan fingerprint density at radius 2 is 1.89 bits per heavy atom. The number of aryl methyl sites for hydroxylation is 1. The number of nitrogens with zero attached hydrogens (tertiary/aromatic N) is 1. The molecule has 100 valence electrons. The summed E-state index contributed by atoms with van der Waals surface area (Å²) in [5, 5.41) is 0. The van der Waals surface area contributed by atoms with Crippen molar-refractivity contribution >= 4 is 12.2 Å². The zero-order valence-corrected chi connectivity index (χ0v) is 10.5. The lowest BCUT2D eigenvalue weighted by atomic mass is 10.1. The maximum Gasteiger partial charge on any atom is 0.419 e. The van der Waals surface area contributed by atoms with Crippen LogP contribution in [0.15, 0.2) is 24.3 Å². The van der Waals surface area contributed by atoms with E-state index in [1.165, 1.54) is 6.07 Å². The number of halogens is 4. The Morgan fingerprint density at radius 3 is 2.47 bits per heavy atom. The van der Waals surface area contributed by atoms with E-state index in [0.717, 1.165) is 12.1 Å². The number of hydrogen-bond donors (Lipinski definition) is 1. The van der Waals surface area contributed by atoms with Crippen LogP contribution < -0.4 is 0 Å². The van der Waals surface area contributed by atoms with Crippen LogP contribution in [0.1, 0.15) is 11.3 Å². The van der Waals surface area contributed by atoms with Gasteiger partial charge in [0.25, 0.3) is 0 Å². The number of aromatic amines is 1. The molecule has 0 aliphatic rings. The average Bonchev–Trinajstić information content (AvgIpc) is 2.26. The Bertz CT molecular complexity index is 676. The summed E-state index contributed by atoms with van der Waals surface area (Å²) in [6.45, 7) is 1.70. The third kappa shape index (κ3) is 2.98. The summed E-state index contributed by atoms with van der Waals surface area (Å²) in [5.74, 6) is -1.31. The van der Waals surface area contributed by atoms with Gasteiger partial charge in [0, 0.05) is 11.3 Å². The van der Waals surface area contributed by atoms with E-state index in [4.69, 9.17) is 12.2 Å². The van der Waals surface area contributed by atoms with Crippen molar-refractivity contribution in [3.8, 4) is 11.3 Å². The molecule has 0 unspecified atom stereocenters. The van der Waals surface area contributed by atoms with Crippen molar-refractivity contribution in [3.63, 3.8) is 0 Å². The first-order valence-electron chi connectivity index (χ1n) is 5.22. The first-order valence-corrected chi connectivity index (χ1v) is 5.63. The van der Waals surface area contributed by atoms with Crippen LogP contribution in [0.2, 0.25) is 0 Å². The second-order valence-corrected chi connectivity index (χ2v) is 4.33. The zero-order valence-electron chi connectivity index (χ0n) is 9.68. The van der Waals surface area contributed by atoms with Crippen molar-refractivity contribution < 1.29 is 17.6 Å². The van der Waals surface area contributed by atoms with Crippen molar-refractivity contribution in [1.82, 2.24) is 9.97 Å². The Balaban J connectivity index is 2.61. The van der Waals surface area contributed by atoms with E-state index in [1.54, 1.807) is 13.0 Å². The Labute approximate surface area is 111 Å². The summed E-state index contributed by atoms with van der Waals surface area (Å²) < 4.78 is 51.2. The van der Waals surface area contributed by atoms with Crippen molar-refractivity contribution in [3.05, 3.63) is 46.1 Å². The Kier molecular flexibility index (Phi) is 3.40. The fourth-order valence-corrected chi connectivity index (χ4v) is 1.89. The van der Waals surface area contributed by atoms with Gasteiger partial charge in [-0.15, -0.1) is 0 Å². The Morgan fingerprint density at radius 1 is 1.21 bits per heavy atom. The maximum absolute atomic E-state index is 13.2. The molecule has 0 aliphatic heterocycles. The molecule has 1 N–H and O–H groups in total. The van der Waals surface area contributed by atoms with Gasteiger partial charge in [0.15, 0.2) is 4.77 Å². The lowest BCUT2D eigenvalue weighted by Crippen LogP contribution is -2.08. The molecule has 1 heterocycles. The van der Waals surface area contributed by atoms with Crippen molar-refractivity contribution in [2.75, 3.05) is 0 Å². The molecule has 2 rings (SSSR count). The second kappa shape index (κ2) is 4.73. The molecule has 0 bridgehead atoms. The van der Waals surface area contributed by atoms with Crippen molar-refractivity contribution in [2.45, 2.75) is 13.1 Å². The zero-order chi connectivity index (χ0) is 14.2. The fraction of sp³-hybridized carbons (Fsp3) is 0.167. The molecule has 0 saturated carbocycles. The molecule has 2 aromatic rings. The number of H-pyrrole nitrogens is 1. The molecule has 0 atom stereocenters. The monoisotopic (exact) mass is 288 g/mol. The highest BCUT2D eigenvalue weighted by molar-refractivity contribution is 7.71. The van der Waals surface area contributed by atoms with Gasteiger partial charge in [-0.1, -0.05) is 0 Å². The molecule has 0 radical (unpaired) electrons. The fourth-order valence-electron chi connectivity index (χ4n) is 1.63. The van der Waals surface area contributed by atoms with Crippen LogP contribution in [0, 0.1) is 17.5 Å². The van der Waals surface area contributed by atoms with Crippen molar-refractivity contribution in [2.24, 2.45) is 0 Å². The van der Waals surface area contributed by atoms with Crippen molar-refractivity contribution in [1.29, 1.82) is 0 Å². The van der Waals surface area contributed by atoms with Gasteiger partial charge in [0.1, 0.15) is 5.82 Å². The number of nitrogens with one attached hydrogen (secondary N) is 1. The van der Waals surface area contributed by atoms with E-state index in [-0.39, 0.29) is 16.0 Å². The minimum Gasteiger partial charge on any atom is -0.335 e. The normalized spacial score (nSPS) is 11.6. The van der Waals surface area contributed by atoms with Crippen LogP contribution in [-0.4, -0.2) is 9.97 Å². The van der Waals surface area contributed by atoms with Gasteiger partial charge >= 0.3 is 6.18 Å². The molecule has 0 amide bonds. The highest BCUT2D eigenvalue weighted by Gasteiger charge is 2.34. The predicted octanol–water partition coefficient (Wildman–Crippen LogP) is 4.27. The van der Waals surface area contributed by atoms with E-state index in [2.05, 4.69) is 9.97 Å². The smallest absolute Gasteiger partial charge is 0.335 e. The number of rotatable bonds is 1. The lowest BCUT2D eigenvalue weighted by Gasteiger charge is -2.10. The number of hydrogen-bond acceptors (Lipinski definition) is 2. The van der Waals surface area contributed by atoms with Crippen LogP contribution in [-0.2, 0) is 6.18 Å². The predicted molar refractivity (Wildman–Crippen MR) is 64.6 cm³/mol. The SMILES string of the molecule is Cc1cc(-c2ccc(F)c(C(F)(F)F)c2)nc(=S)[nH]1. The molecule has 19 heavy (non-hydrogen) atoms. The van der Waals surface area contributed by atoms with E-state index < -0.39 is 17.6 Å². The van der Waals surface area contributed by atoms with Gasteiger partial charge in [0.2, 0.25) is 0 Å². The van der Waals surface area contributed by atoms with E-state index in [1.807, 2.05) is 0 Å². The number of alkyl halides is 3. The topological polar surface area (TPSA) is 28.7 Å². The summed E-state index contributed by atoms with van der Waals surface area (Å²) in [6, 6.07) is 4.28. The van der Waals surface area contributed by atoms with E-state index in [9.17, 15) is 17.6 Å². The second-order valence-electron chi connectivity index (χ2n) is 3.95. The van der Waals surface area contributed by atoms with E-state index >= 15 is 0 Å². The Hall–Kier alpha value is -1.76. The third-order valence-corrected chi connectivity index (χ3v) is 2.64. The number of aromatic nitrogens is 2. The van der Waals surface area contributed by atoms with Gasteiger partial charge in [-0.05, 0) is 43.4 Å². The van der Waals surface area contributed by atoms with Gasteiger partial charge in [-0.25, -0.2) is 9.37 Å². The van der Waals surface area contributed by atoms with Crippen LogP contribution in [0.4, 0.5) is 17.6 Å². The molecule has 0 aliphatic carbocycles. The third-order valence-electron chi connectivity index (χ3n) is 2.45. The average molecular weight is 288 g/mol. The van der Waals surface area contributed by atoms with Gasteiger partial charge in [0.05, 0.1) is 11.3 Å². The lowest BCUT2D eigenvalue weighted by molar-refractivity contribution is -0.139. The molecule has 1 aromatic heterocycles. The first kappa shape index (κ1) is 13.7. The standard InChI is InChI=1S/C12H8F4N2S/c1-6-4-10(18-11(19)17-6)7-2-3-9(13)8(5-7)12(14,15)16/h2-5H,1H3,(H,17,18,19). The molecule has 0 fully saturated rings. The molecular weight excluding hydrogens is 280 g/mol. The summed E-state index contributed by atoms with van der Waals surface area (Å²) in [4.78, 5) is 6.67. The molecule has 0 saturated heterocycles. The van der Waals surface area contributed by atoms with Crippen LogP contribution in [0.5, 0.6) is 0 Å². The van der Waals surface area contributed by atoms with Gasteiger partial charge < -0.3 is 4.98 Å².